The van der Waals surface area contributed by atoms with E-state index in [0.29, 0.717) is 12.0 Å². The zero-order valence-corrected chi connectivity index (χ0v) is 7.85. The molecule has 0 saturated carbocycles. The van der Waals surface area contributed by atoms with E-state index in [4.69, 9.17) is 5.73 Å². The van der Waals surface area contributed by atoms with Gasteiger partial charge in [-0.25, -0.2) is 8.78 Å². The van der Waals surface area contributed by atoms with Gasteiger partial charge in [-0.15, -0.1) is 11.8 Å². The van der Waals surface area contributed by atoms with Gasteiger partial charge in [0, 0.05) is 18.5 Å². The number of hydrogen-bond donors (Lipinski definition) is 1. The minimum Gasteiger partial charge on any atom is -0.323 e. The molecule has 0 heterocycles. The lowest BCUT2D eigenvalue weighted by atomic mass is 10.0. The first-order valence-electron chi connectivity index (χ1n) is 4.24. The highest BCUT2D eigenvalue weighted by Gasteiger charge is 2.07. The van der Waals surface area contributed by atoms with Crippen LogP contribution in [0.15, 0.2) is 18.2 Å². The van der Waals surface area contributed by atoms with E-state index in [2.05, 4.69) is 11.8 Å². The van der Waals surface area contributed by atoms with Gasteiger partial charge in [-0.2, -0.15) is 0 Å². The maximum absolute atomic E-state index is 12.8. The third kappa shape index (κ3) is 2.82. The van der Waals surface area contributed by atoms with Crippen molar-refractivity contribution >= 4 is 0 Å². The van der Waals surface area contributed by atoms with Crippen LogP contribution in [0.1, 0.15) is 24.9 Å². The highest BCUT2D eigenvalue weighted by atomic mass is 19.1. The van der Waals surface area contributed by atoms with E-state index in [1.54, 1.807) is 6.92 Å². The molecule has 0 aliphatic rings. The predicted molar refractivity (Wildman–Crippen MR) is 51.4 cm³/mol. The van der Waals surface area contributed by atoms with E-state index in [-0.39, 0.29) is 0 Å². The van der Waals surface area contributed by atoms with Crippen LogP contribution < -0.4 is 5.73 Å². The molecule has 1 aromatic rings. The van der Waals surface area contributed by atoms with Crippen LogP contribution in [-0.2, 0) is 0 Å². The van der Waals surface area contributed by atoms with Crippen molar-refractivity contribution in [3.63, 3.8) is 0 Å². The van der Waals surface area contributed by atoms with Gasteiger partial charge in [-0.3, -0.25) is 0 Å². The molecule has 0 saturated heterocycles. The molecule has 1 nitrogen and oxygen atoms in total. The van der Waals surface area contributed by atoms with E-state index < -0.39 is 17.7 Å². The second-order valence-corrected chi connectivity index (χ2v) is 2.94. The number of hydrogen-bond acceptors (Lipinski definition) is 1. The Hall–Kier alpha value is -1.40. The van der Waals surface area contributed by atoms with Crippen LogP contribution in [0, 0.1) is 23.5 Å². The Morgan fingerprint density at radius 2 is 1.86 bits per heavy atom. The van der Waals surface area contributed by atoms with Crippen molar-refractivity contribution in [2.24, 2.45) is 5.73 Å². The third-order valence-corrected chi connectivity index (χ3v) is 1.81. The standard InChI is InChI=1S/C11H11F2N/c1-2-3-4-11(14)8-5-9(12)7-10(13)6-8/h5-7,11H,4,14H2,1H3. The van der Waals surface area contributed by atoms with E-state index in [1.807, 2.05) is 0 Å². The topological polar surface area (TPSA) is 26.0 Å². The maximum Gasteiger partial charge on any atom is 0.126 e. The van der Waals surface area contributed by atoms with E-state index in [0.717, 1.165) is 6.07 Å². The Labute approximate surface area is 81.9 Å². The lowest BCUT2D eigenvalue weighted by molar-refractivity contribution is 0.574. The molecule has 0 aliphatic carbocycles. The average Bonchev–Trinajstić information content (AvgIpc) is 2.12. The van der Waals surface area contributed by atoms with Crippen molar-refractivity contribution in [1.82, 2.24) is 0 Å². The van der Waals surface area contributed by atoms with E-state index in [9.17, 15) is 8.78 Å². The summed E-state index contributed by atoms with van der Waals surface area (Å²) < 4.78 is 25.6. The number of halogens is 2. The molecule has 0 spiro atoms. The molecule has 3 heteroatoms. The quantitative estimate of drug-likeness (QED) is 0.720. The Bertz CT molecular complexity index is 356. The minimum absolute atomic E-state index is 0.402. The first-order valence-corrected chi connectivity index (χ1v) is 4.24. The summed E-state index contributed by atoms with van der Waals surface area (Å²) in [5.41, 5.74) is 6.12. The van der Waals surface area contributed by atoms with Crippen LogP contribution in [-0.4, -0.2) is 0 Å². The van der Waals surface area contributed by atoms with Crippen LogP contribution in [0.5, 0.6) is 0 Å². The number of nitrogens with two attached hydrogens (primary N) is 1. The van der Waals surface area contributed by atoms with Gasteiger partial charge in [-0.1, -0.05) is 0 Å². The molecule has 1 unspecified atom stereocenters. The molecule has 0 fully saturated rings. The van der Waals surface area contributed by atoms with Crippen LogP contribution in [0.25, 0.3) is 0 Å². The predicted octanol–water partition coefficient (Wildman–Crippen LogP) is 2.38. The summed E-state index contributed by atoms with van der Waals surface area (Å²) in [6, 6.07) is 2.84. The highest BCUT2D eigenvalue weighted by Crippen LogP contribution is 2.16. The summed E-state index contributed by atoms with van der Waals surface area (Å²) >= 11 is 0. The first-order chi connectivity index (χ1) is 6.63. The molecular weight excluding hydrogens is 184 g/mol. The fourth-order valence-electron chi connectivity index (χ4n) is 1.12. The van der Waals surface area contributed by atoms with Crippen LogP contribution in [0.3, 0.4) is 0 Å². The summed E-state index contributed by atoms with van der Waals surface area (Å²) in [5, 5.41) is 0. The van der Waals surface area contributed by atoms with Crippen LogP contribution in [0.4, 0.5) is 8.78 Å². The molecule has 2 N–H and O–H groups in total. The van der Waals surface area contributed by atoms with Crippen molar-refractivity contribution in [1.29, 1.82) is 0 Å². The zero-order chi connectivity index (χ0) is 10.6. The Morgan fingerprint density at radius 3 is 2.36 bits per heavy atom. The van der Waals surface area contributed by atoms with Crippen LogP contribution in [0.2, 0.25) is 0 Å². The summed E-state index contributed by atoms with van der Waals surface area (Å²) in [6.45, 7) is 1.69. The van der Waals surface area contributed by atoms with Gasteiger partial charge in [0.1, 0.15) is 11.6 Å². The third-order valence-electron chi connectivity index (χ3n) is 1.81. The van der Waals surface area contributed by atoms with Gasteiger partial charge in [0.15, 0.2) is 0 Å². The van der Waals surface area contributed by atoms with Gasteiger partial charge in [0.05, 0.1) is 0 Å². The van der Waals surface area contributed by atoms with Crippen molar-refractivity contribution in [2.45, 2.75) is 19.4 Å². The number of rotatable bonds is 2. The summed E-state index contributed by atoms with van der Waals surface area (Å²) in [7, 11) is 0. The van der Waals surface area contributed by atoms with Crippen molar-refractivity contribution in [2.75, 3.05) is 0 Å². The van der Waals surface area contributed by atoms with Crippen molar-refractivity contribution < 1.29 is 8.78 Å². The summed E-state index contributed by atoms with van der Waals surface area (Å²) in [4.78, 5) is 0. The second kappa shape index (κ2) is 4.73. The molecule has 0 bridgehead atoms. The van der Waals surface area contributed by atoms with Gasteiger partial charge in [0.2, 0.25) is 0 Å². The molecule has 0 aliphatic heterocycles. The second-order valence-electron chi connectivity index (χ2n) is 2.94. The molecule has 0 amide bonds. The molecular formula is C11H11F2N. The Morgan fingerprint density at radius 1 is 1.29 bits per heavy atom. The molecule has 1 aromatic carbocycles. The van der Waals surface area contributed by atoms with E-state index >= 15 is 0 Å². The Balaban J connectivity index is 2.87. The highest BCUT2D eigenvalue weighted by molar-refractivity contribution is 5.22. The largest absolute Gasteiger partial charge is 0.323 e. The SMILES string of the molecule is CC#CCC(N)c1cc(F)cc(F)c1. The van der Waals surface area contributed by atoms with E-state index in [1.165, 1.54) is 12.1 Å². The molecule has 14 heavy (non-hydrogen) atoms. The lowest BCUT2D eigenvalue weighted by Gasteiger charge is -2.08. The molecule has 0 radical (unpaired) electrons. The fraction of sp³-hybridized carbons (Fsp3) is 0.273. The van der Waals surface area contributed by atoms with Crippen molar-refractivity contribution in [3.8, 4) is 11.8 Å². The molecule has 0 aromatic heterocycles. The van der Waals surface area contributed by atoms with Crippen LogP contribution >= 0.6 is 0 Å². The zero-order valence-electron chi connectivity index (χ0n) is 7.85. The maximum atomic E-state index is 12.8. The lowest BCUT2D eigenvalue weighted by Crippen LogP contribution is -2.09. The molecule has 1 atom stereocenters. The minimum atomic E-state index is -0.611. The fourth-order valence-corrected chi connectivity index (χ4v) is 1.12. The monoisotopic (exact) mass is 195 g/mol. The van der Waals surface area contributed by atoms with Gasteiger partial charge in [0.25, 0.3) is 0 Å². The van der Waals surface area contributed by atoms with Gasteiger partial charge < -0.3 is 5.73 Å². The Kier molecular flexibility index (Phi) is 3.61. The molecule has 74 valence electrons. The normalized spacial score (nSPS) is 11.7. The number of benzene rings is 1. The van der Waals surface area contributed by atoms with Crippen molar-refractivity contribution in [3.05, 3.63) is 35.4 Å². The summed E-state index contributed by atoms with van der Waals surface area (Å²) in [6.07, 6.45) is 0.402. The smallest absolute Gasteiger partial charge is 0.126 e. The summed E-state index contributed by atoms with van der Waals surface area (Å²) in [5.74, 6) is 4.22. The van der Waals surface area contributed by atoms with Gasteiger partial charge >= 0.3 is 0 Å². The average molecular weight is 195 g/mol. The van der Waals surface area contributed by atoms with Gasteiger partial charge in [-0.05, 0) is 24.6 Å². The first kappa shape index (κ1) is 10.7. The molecule has 1 rings (SSSR count).